The first-order valence-corrected chi connectivity index (χ1v) is 9.44. The lowest BCUT2D eigenvalue weighted by atomic mass is 9.73. The number of halogens is 1. The zero-order chi connectivity index (χ0) is 19.3. The third kappa shape index (κ3) is 4.14. The molecule has 2 aromatic rings. The molecule has 1 heterocycles. The highest BCUT2D eigenvalue weighted by Crippen LogP contribution is 2.37. The molecule has 0 atom stereocenters. The van der Waals surface area contributed by atoms with E-state index in [2.05, 4.69) is 12.2 Å². The molecular weight excluding hydrogens is 345 g/mol. The van der Waals surface area contributed by atoms with Crippen molar-refractivity contribution in [3.05, 3.63) is 59.4 Å². The highest BCUT2D eigenvalue weighted by atomic mass is 19.1. The van der Waals surface area contributed by atoms with Gasteiger partial charge >= 0.3 is 0 Å². The molecule has 0 radical (unpaired) electrons. The maximum atomic E-state index is 14.5. The smallest absolute Gasteiger partial charge is 0.235 e. The largest absolute Gasteiger partial charge is 0.493 e. The molecule has 1 fully saturated rings. The summed E-state index contributed by atoms with van der Waals surface area (Å²) in [5.74, 6) is 0.260. The van der Waals surface area contributed by atoms with Gasteiger partial charge in [-0.15, -0.1) is 0 Å². The molecule has 1 aliphatic heterocycles. The SMILES string of the molecule is CCCOc1ccc(NC(=O)C2(c3ccccc3F)CCOCC2)cc1C. The Hall–Kier alpha value is -2.40. The first-order valence-electron chi connectivity index (χ1n) is 9.44. The van der Waals surface area contributed by atoms with Gasteiger partial charge in [-0.2, -0.15) is 0 Å². The standard InChI is InChI=1S/C22H26FNO3/c1-3-12-27-20-9-8-17(15-16(20)2)24-21(25)22(10-13-26-14-11-22)18-6-4-5-7-19(18)23/h4-9,15H,3,10-14H2,1-2H3,(H,24,25). The zero-order valence-electron chi connectivity index (χ0n) is 15.9. The number of nitrogens with one attached hydrogen (secondary N) is 1. The molecule has 0 bridgehead atoms. The Morgan fingerprint density at radius 2 is 1.96 bits per heavy atom. The van der Waals surface area contributed by atoms with Crippen molar-refractivity contribution in [3.8, 4) is 5.75 Å². The van der Waals surface area contributed by atoms with Gasteiger partial charge < -0.3 is 14.8 Å². The average Bonchev–Trinajstić information content (AvgIpc) is 2.68. The van der Waals surface area contributed by atoms with Gasteiger partial charge in [0.05, 0.1) is 12.0 Å². The lowest BCUT2D eigenvalue weighted by Gasteiger charge is -2.36. The number of rotatable bonds is 6. The molecule has 3 rings (SSSR count). The minimum absolute atomic E-state index is 0.197. The van der Waals surface area contributed by atoms with E-state index < -0.39 is 5.41 Å². The second-order valence-corrected chi connectivity index (χ2v) is 6.96. The predicted molar refractivity (Wildman–Crippen MR) is 104 cm³/mol. The minimum Gasteiger partial charge on any atom is -0.493 e. The molecule has 0 spiro atoms. The number of hydrogen-bond acceptors (Lipinski definition) is 3. The number of hydrogen-bond donors (Lipinski definition) is 1. The van der Waals surface area contributed by atoms with Crippen molar-refractivity contribution in [1.29, 1.82) is 0 Å². The summed E-state index contributed by atoms with van der Waals surface area (Å²) in [5, 5.41) is 2.99. The van der Waals surface area contributed by atoms with E-state index >= 15 is 0 Å². The Bertz CT molecular complexity index is 800. The molecule has 0 aromatic heterocycles. The molecule has 1 amide bonds. The average molecular weight is 371 g/mol. The topological polar surface area (TPSA) is 47.6 Å². The summed E-state index contributed by atoms with van der Waals surface area (Å²) < 4.78 is 25.6. The van der Waals surface area contributed by atoms with E-state index in [0.29, 0.717) is 43.9 Å². The van der Waals surface area contributed by atoms with Crippen molar-refractivity contribution in [2.45, 2.75) is 38.5 Å². The number of aryl methyl sites for hydroxylation is 1. The summed E-state index contributed by atoms with van der Waals surface area (Å²) in [6.07, 6.45) is 1.85. The molecule has 4 nitrogen and oxygen atoms in total. The molecule has 0 saturated carbocycles. The molecule has 5 heteroatoms. The highest BCUT2D eigenvalue weighted by Gasteiger charge is 2.43. The van der Waals surface area contributed by atoms with Crippen molar-refractivity contribution in [1.82, 2.24) is 0 Å². The van der Waals surface area contributed by atoms with Gasteiger partial charge in [0.2, 0.25) is 5.91 Å². The maximum absolute atomic E-state index is 14.5. The van der Waals surface area contributed by atoms with Crippen LogP contribution in [-0.4, -0.2) is 25.7 Å². The fourth-order valence-electron chi connectivity index (χ4n) is 3.54. The van der Waals surface area contributed by atoms with Gasteiger partial charge in [-0.25, -0.2) is 4.39 Å². The van der Waals surface area contributed by atoms with E-state index in [9.17, 15) is 9.18 Å². The van der Waals surface area contributed by atoms with E-state index in [1.165, 1.54) is 6.07 Å². The molecule has 1 aliphatic rings. The third-order valence-electron chi connectivity index (χ3n) is 5.06. The summed E-state index contributed by atoms with van der Waals surface area (Å²) in [6.45, 7) is 5.53. The molecule has 1 saturated heterocycles. The summed E-state index contributed by atoms with van der Waals surface area (Å²) in [4.78, 5) is 13.2. The number of anilines is 1. The van der Waals surface area contributed by atoms with E-state index in [0.717, 1.165) is 17.7 Å². The van der Waals surface area contributed by atoms with Crippen molar-refractivity contribution < 1.29 is 18.7 Å². The number of amides is 1. The van der Waals surface area contributed by atoms with Crippen LogP contribution in [0.1, 0.15) is 37.3 Å². The Morgan fingerprint density at radius 1 is 1.22 bits per heavy atom. The lowest BCUT2D eigenvalue weighted by Crippen LogP contribution is -2.45. The van der Waals surface area contributed by atoms with Gasteiger partial charge in [-0.1, -0.05) is 25.1 Å². The maximum Gasteiger partial charge on any atom is 0.235 e. The molecule has 0 aliphatic carbocycles. The first-order chi connectivity index (χ1) is 13.1. The van der Waals surface area contributed by atoms with Crippen LogP contribution in [-0.2, 0) is 14.9 Å². The van der Waals surface area contributed by atoms with Crippen LogP contribution in [0.3, 0.4) is 0 Å². The van der Waals surface area contributed by atoms with Gasteiger partial charge in [0, 0.05) is 24.5 Å². The molecule has 1 N–H and O–H groups in total. The van der Waals surface area contributed by atoms with Gasteiger partial charge in [0.25, 0.3) is 0 Å². The molecule has 144 valence electrons. The zero-order valence-corrected chi connectivity index (χ0v) is 15.9. The van der Waals surface area contributed by atoms with Crippen LogP contribution in [0.25, 0.3) is 0 Å². The van der Waals surface area contributed by atoms with Crippen LogP contribution < -0.4 is 10.1 Å². The number of ether oxygens (including phenoxy) is 2. The molecular formula is C22H26FNO3. The third-order valence-corrected chi connectivity index (χ3v) is 5.06. The van der Waals surface area contributed by atoms with Gasteiger partial charge in [0.1, 0.15) is 11.6 Å². The number of carbonyl (C=O) groups is 1. The molecule has 2 aromatic carbocycles. The van der Waals surface area contributed by atoms with Crippen molar-refractivity contribution >= 4 is 11.6 Å². The van der Waals surface area contributed by atoms with Crippen molar-refractivity contribution in [2.24, 2.45) is 0 Å². The minimum atomic E-state index is -0.922. The van der Waals surface area contributed by atoms with Crippen LogP contribution in [0.15, 0.2) is 42.5 Å². The van der Waals surface area contributed by atoms with E-state index in [1.54, 1.807) is 18.2 Å². The van der Waals surface area contributed by atoms with E-state index in [-0.39, 0.29) is 11.7 Å². The predicted octanol–water partition coefficient (Wildman–Crippen LogP) is 4.61. The summed E-state index contributed by atoms with van der Waals surface area (Å²) in [5.41, 5.74) is 1.15. The van der Waals surface area contributed by atoms with Crippen LogP contribution in [0.4, 0.5) is 10.1 Å². The summed E-state index contributed by atoms with van der Waals surface area (Å²) in [7, 11) is 0. The van der Waals surface area contributed by atoms with Gasteiger partial charge in [-0.05, 0) is 56.0 Å². The second-order valence-electron chi connectivity index (χ2n) is 6.96. The fraction of sp³-hybridized carbons (Fsp3) is 0.409. The van der Waals surface area contributed by atoms with E-state index in [1.807, 2.05) is 25.1 Å². The van der Waals surface area contributed by atoms with Crippen LogP contribution in [0, 0.1) is 12.7 Å². The number of carbonyl (C=O) groups excluding carboxylic acids is 1. The highest BCUT2D eigenvalue weighted by molar-refractivity contribution is 5.99. The normalized spacial score (nSPS) is 16.0. The Morgan fingerprint density at radius 3 is 2.63 bits per heavy atom. The number of benzene rings is 2. The summed E-state index contributed by atoms with van der Waals surface area (Å²) in [6, 6.07) is 12.1. The van der Waals surface area contributed by atoms with Crippen LogP contribution >= 0.6 is 0 Å². The monoisotopic (exact) mass is 371 g/mol. The van der Waals surface area contributed by atoms with Crippen LogP contribution in [0.5, 0.6) is 5.75 Å². The van der Waals surface area contributed by atoms with Gasteiger partial charge in [0.15, 0.2) is 0 Å². The molecule has 27 heavy (non-hydrogen) atoms. The van der Waals surface area contributed by atoms with Crippen molar-refractivity contribution in [2.75, 3.05) is 25.1 Å². The Labute approximate surface area is 159 Å². The Kier molecular flexibility index (Phi) is 6.11. The second kappa shape index (κ2) is 8.53. The Balaban J connectivity index is 1.86. The van der Waals surface area contributed by atoms with Crippen molar-refractivity contribution in [3.63, 3.8) is 0 Å². The van der Waals surface area contributed by atoms with Gasteiger partial charge in [-0.3, -0.25) is 4.79 Å². The first kappa shape index (κ1) is 19.4. The fourth-order valence-corrected chi connectivity index (χ4v) is 3.54. The quantitative estimate of drug-likeness (QED) is 0.807. The van der Waals surface area contributed by atoms with E-state index in [4.69, 9.17) is 9.47 Å². The lowest BCUT2D eigenvalue weighted by molar-refractivity contribution is -0.125. The summed E-state index contributed by atoms with van der Waals surface area (Å²) >= 11 is 0. The molecule has 0 unspecified atom stereocenters. The van der Waals surface area contributed by atoms with Crippen LogP contribution in [0.2, 0.25) is 0 Å².